The van der Waals surface area contributed by atoms with Gasteiger partial charge in [0.2, 0.25) is 0 Å². The molecule has 1 heterocycles. The Labute approximate surface area is 139 Å². The second kappa shape index (κ2) is 8.08. The molecular formula is C14H25NO9. The summed E-state index contributed by atoms with van der Waals surface area (Å²) in [4.78, 5) is 23.4. The van der Waals surface area contributed by atoms with E-state index in [1.54, 1.807) is 20.8 Å². The third-order valence-electron chi connectivity index (χ3n) is 3.16. The quantitative estimate of drug-likeness (QED) is 0.370. The fraction of sp³-hybridized carbons (Fsp3) is 0.857. The largest absolute Gasteiger partial charge is 0.461 e. The Morgan fingerprint density at radius 1 is 1.12 bits per heavy atom. The van der Waals surface area contributed by atoms with E-state index in [1.165, 1.54) is 6.92 Å². The summed E-state index contributed by atoms with van der Waals surface area (Å²) in [5, 5.41) is 40.3. The molecule has 10 nitrogen and oxygen atoms in total. The molecule has 0 aliphatic carbocycles. The average Bonchev–Trinajstić information content (AvgIpc) is 2.44. The van der Waals surface area contributed by atoms with Gasteiger partial charge in [0.15, 0.2) is 6.29 Å². The minimum absolute atomic E-state index is 0.485. The van der Waals surface area contributed by atoms with E-state index >= 15 is 0 Å². The zero-order chi connectivity index (χ0) is 18.7. The van der Waals surface area contributed by atoms with Crippen molar-refractivity contribution in [1.82, 2.24) is 5.32 Å². The molecule has 0 saturated carbocycles. The zero-order valence-electron chi connectivity index (χ0n) is 14.0. The predicted octanol–water partition coefficient (Wildman–Crippen LogP) is -1.76. The molecule has 0 aromatic rings. The lowest BCUT2D eigenvalue weighted by atomic mass is 9.99. The van der Waals surface area contributed by atoms with Gasteiger partial charge in [0, 0.05) is 0 Å². The monoisotopic (exact) mass is 351 g/mol. The van der Waals surface area contributed by atoms with Crippen molar-refractivity contribution in [3.8, 4) is 0 Å². The molecule has 0 aromatic heterocycles. The van der Waals surface area contributed by atoms with Crippen molar-refractivity contribution < 1.29 is 44.2 Å². The Morgan fingerprint density at radius 2 is 1.71 bits per heavy atom. The Balaban J connectivity index is 2.46. The Kier molecular flexibility index (Phi) is 6.93. The van der Waals surface area contributed by atoms with Crippen LogP contribution in [0.15, 0.2) is 0 Å². The number of ether oxygens (including phenoxy) is 3. The van der Waals surface area contributed by atoms with Gasteiger partial charge in [-0.05, 0) is 27.7 Å². The van der Waals surface area contributed by atoms with Gasteiger partial charge >= 0.3 is 12.1 Å². The van der Waals surface area contributed by atoms with Crippen molar-refractivity contribution in [2.24, 2.45) is 0 Å². The molecular weight excluding hydrogens is 326 g/mol. The van der Waals surface area contributed by atoms with Crippen LogP contribution in [0.25, 0.3) is 0 Å². The van der Waals surface area contributed by atoms with Crippen molar-refractivity contribution in [2.45, 2.75) is 70.0 Å². The average molecular weight is 351 g/mol. The molecule has 1 amide bonds. The number of aliphatic hydroxyl groups is 4. The number of nitrogens with one attached hydrogen (secondary N) is 1. The van der Waals surface area contributed by atoms with Crippen molar-refractivity contribution >= 4 is 12.1 Å². The SMILES string of the molecule is C[C@@H](NC(=O)OC(C)(C)C)C(=O)OCC1O[C@H](O)C(O)C(O)[C@H]1O. The molecule has 1 fully saturated rings. The van der Waals surface area contributed by atoms with Gasteiger partial charge in [-0.3, -0.25) is 0 Å². The molecule has 10 heteroatoms. The highest BCUT2D eigenvalue weighted by atomic mass is 16.7. The maximum Gasteiger partial charge on any atom is 0.408 e. The number of alkyl carbamates (subject to hydrolysis) is 1. The van der Waals surface area contributed by atoms with E-state index in [-0.39, 0.29) is 0 Å². The fourth-order valence-corrected chi connectivity index (χ4v) is 1.90. The maximum atomic E-state index is 11.8. The summed E-state index contributed by atoms with van der Waals surface area (Å²) < 4.78 is 14.7. The lowest BCUT2D eigenvalue weighted by Crippen LogP contribution is -2.58. The standard InChI is InChI=1S/C14H25NO9/c1-6(15-13(21)24-14(2,3)4)11(19)22-5-7-8(16)9(17)10(18)12(20)23-7/h6-10,12,16-18,20H,5H2,1-4H3,(H,15,21)/t6-,7?,8+,9?,10?,12+/m1/s1. The summed E-state index contributed by atoms with van der Waals surface area (Å²) in [6.07, 6.45) is -8.60. The van der Waals surface area contributed by atoms with Gasteiger partial charge in [0.25, 0.3) is 0 Å². The van der Waals surface area contributed by atoms with Gasteiger partial charge in [-0.2, -0.15) is 0 Å². The van der Waals surface area contributed by atoms with Gasteiger partial charge in [-0.25, -0.2) is 9.59 Å². The second-order valence-corrected chi connectivity index (χ2v) is 6.53. The van der Waals surface area contributed by atoms with Crippen molar-refractivity contribution in [3.05, 3.63) is 0 Å². The van der Waals surface area contributed by atoms with Gasteiger partial charge in [-0.15, -0.1) is 0 Å². The number of carbonyl (C=O) groups excluding carboxylic acids is 2. The maximum absolute atomic E-state index is 11.8. The van der Waals surface area contributed by atoms with Crippen LogP contribution in [0.4, 0.5) is 4.79 Å². The first-order chi connectivity index (χ1) is 10.9. The Morgan fingerprint density at radius 3 is 2.25 bits per heavy atom. The highest BCUT2D eigenvalue weighted by Gasteiger charge is 2.43. The van der Waals surface area contributed by atoms with Crippen molar-refractivity contribution in [2.75, 3.05) is 6.61 Å². The Bertz CT molecular complexity index is 450. The van der Waals surface area contributed by atoms with Crippen LogP contribution in [-0.4, -0.2) is 81.4 Å². The van der Waals surface area contributed by atoms with Crippen LogP contribution in [0, 0.1) is 0 Å². The van der Waals surface area contributed by atoms with E-state index in [9.17, 15) is 30.0 Å². The zero-order valence-corrected chi connectivity index (χ0v) is 14.0. The summed E-state index contributed by atoms with van der Waals surface area (Å²) in [6.45, 7) is 5.90. The lowest BCUT2D eigenvalue weighted by Gasteiger charge is -2.38. The highest BCUT2D eigenvalue weighted by molar-refractivity contribution is 5.81. The molecule has 3 unspecified atom stereocenters. The predicted molar refractivity (Wildman–Crippen MR) is 78.7 cm³/mol. The molecule has 6 atom stereocenters. The van der Waals surface area contributed by atoms with Gasteiger partial charge in [-0.1, -0.05) is 0 Å². The third-order valence-corrected chi connectivity index (χ3v) is 3.16. The van der Waals surface area contributed by atoms with Crippen LogP contribution in [0.3, 0.4) is 0 Å². The summed E-state index contributed by atoms with van der Waals surface area (Å²) in [5.74, 6) is -0.827. The van der Waals surface area contributed by atoms with Gasteiger partial charge in [0.1, 0.15) is 42.7 Å². The van der Waals surface area contributed by atoms with E-state index < -0.39 is 61.0 Å². The fourth-order valence-electron chi connectivity index (χ4n) is 1.90. The van der Waals surface area contributed by atoms with Gasteiger partial charge in [0.05, 0.1) is 0 Å². The minimum atomic E-state index is -1.72. The number of rotatable bonds is 4. The first kappa shape index (κ1) is 20.6. The smallest absolute Gasteiger partial charge is 0.408 e. The number of hydrogen-bond donors (Lipinski definition) is 5. The second-order valence-electron chi connectivity index (χ2n) is 6.53. The number of carbonyl (C=O) groups is 2. The van der Waals surface area contributed by atoms with E-state index in [1.807, 2.05) is 0 Å². The van der Waals surface area contributed by atoms with Crippen LogP contribution < -0.4 is 5.32 Å². The minimum Gasteiger partial charge on any atom is -0.461 e. The number of amides is 1. The molecule has 1 saturated heterocycles. The van der Waals surface area contributed by atoms with Crippen molar-refractivity contribution in [1.29, 1.82) is 0 Å². The lowest BCUT2D eigenvalue weighted by molar-refractivity contribution is -0.287. The van der Waals surface area contributed by atoms with E-state index in [0.717, 1.165) is 0 Å². The summed E-state index contributed by atoms with van der Waals surface area (Å²) in [5.41, 5.74) is -0.721. The van der Waals surface area contributed by atoms with Crippen LogP contribution in [0.2, 0.25) is 0 Å². The first-order valence-corrected chi connectivity index (χ1v) is 7.46. The van der Waals surface area contributed by atoms with E-state index in [0.29, 0.717) is 0 Å². The molecule has 0 bridgehead atoms. The van der Waals surface area contributed by atoms with Crippen LogP contribution >= 0.6 is 0 Å². The number of hydrogen-bond acceptors (Lipinski definition) is 9. The molecule has 0 aromatic carbocycles. The van der Waals surface area contributed by atoms with E-state index in [2.05, 4.69) is 5.32 Å². The topological polar surface area (TPSA) is 155 Å². The summed E-state index contributed by atoms with van der Waals surface area (Å²) in [7, 11) is 0. The van der Waals surface area contributed by atoms with Gasteiger partial charge < -0.3 is 40.0 Å². The molecule has 1 aliphatic heterocycles. The van der Waals surface area contributed by atoms with Crippen LogP contribution in [0.5, 0.6) is 0 Å². The van der Waals surface area contributed by atoms with Crippen LogP contribution in [-0.2, 0) is 19.0 Å². The highest BCUT2D eigenvalue weighted by Crippen LogP contribution is 2.20. The van der Waals surface area contributed by atoms with Crippen molar-refractivity contribution in [3.63, 3.8) is 0 Å². The number of aliphatic hydroxyl groups excluding tert-OH is 4. The summed E-state index contributed by atoms with van der Waals surface area (Å²) in [6, 6.07) is -1.03. The molecule has 0 radical (unpaired) electrons. The molecule has 1 rings (SSSR count). The first-order valence-electron chi connectivity index (χ1n) is 7.46. The number of esters is 1. The third kappa shape index (κ3) is 5.87. The van der Waals surface area contributed by atoms with Crippen LogP contribution in [0.1, 0.15) is 27.7 Å². The molecule has 1 aliphatic rings. The molecule has 0 spiro atoms. The molecule has 24 heavy (non-hydrogen) atoms. The molecule has 5 N–H and O–H groups in total. The molecule has 140 valence electrons. The summed E-state index contributed by atoms with van der Waals surface area (Å²) >= 11 is 0. The van der Waals surface area contributed by atoms with E-state index in [4.69, 9.17) is 14.2 Å². The normalized spacial score (nSPS) is 31.9. The Hall–Kier alpha value is -1.46.